The van der Waals surface area contributed by atoms with E-state index in [-0.39, 0.29) is 11.8 Å². The molecule has 8 heteroatoms. The van der Waals surface area contributed by atoms with Crippen molar-refractivity contribution < 1.29 is 14.3 Å². The fourth-order valence-electron chi connectivity index (χ4n) is 3.43. The highest BCUT2D eigenvalue weighted by atomic mass is 79.9. The van der Waals surface area contributed by atoms with Crippen LogP contribution in [0.15, 0.2) is 35.1 Å². The molecular formula is C21H27BrN4O3. The first-order valence-electron chi connectivity index (χ1n) is 9.82. The maximum absolute atomic E-state index is 12.7. The summed E-state index contributed by atoms with van der Waals surface area (Å²) in [5.74, 6) is 0.921. The fourth-order valence-corrected chi connectivity index (χ4v) is 4.02. The predicted octanol–water partition coefficient (Wildman–Crippen LogP) is 2.93. The Hall–Kier alpha value is -2.35. The van der Waals surface area contributed by atoms with Gasteiger partial charge in [0.05, 0.1) is 16.2 Å². The Kier molecular flexibility index (Phi) is 6.95. The van der Waals surface area contributed by atoms with Crippen molar-refractivity contribution in [3.8, 4) is 5.75 Å². The van der Waals surface area contributed by atoms with Gasteiger partial charge in [0.25, 0.3) is 11.8 Å². The molecule has 1 unspecified atom stereocenters. The van der Waals surface area contributed by atoms with Gasteiger partial charge in [-0.1, -0.05) is 6.07 Å². The largest absolute Gasteiger partial charge is 0.480 e. The summed E-state index contributed by atoms with van der Waals surface area (Å²) in [7, 11) is 1.78. The van der Waals surface area contributed by atoms with Crippen molar-refractivity contribution in [2.45, 2.75) is 32.8 Å². The highest BCUT2D eigenvalue weighted by Crippen LogP contribution is 2.27. The molecular weight excluding hydrogens is 436 g/mol. The molecule has 156 valence electrons. The first-order chi connectivity index (χ1) is 13.8. The summed E-state index contributed by atoms with van der Waals surface area (Å²) < 4.78 is 8.32. The number of nitrogens with one attached hydrogen (secondary N) is 1. The average molecular weight is 463 g/mol. The van der Waals surface area contributed by atoms with E-state index >= 15 is 0 Å². The molecule has 1 fully saturated rings. The summed E-state index contributed by atoms with van der Waals surface area (Å²) in [5, 5.41) is 6.98. The van der Waals surface area contributed by atoms with Gasteiger partial charge in [-0.2, -0.15) is 5.10 Å². The van der Waals surface area contributed by atoms with Crippen molar-refractivity contribution in [2.75, 3.05) is 19.6 Å². The quantitative estimate of drug-likeness (QED) is 0.715. The van der Waals surface area contributed by atoms with Crippen LogP contribution in [-0.4, -0.2) is 52.2 Å². The minimum absolute atomic E-state index is 0.00433. The van der Waals surface area contributed by atoms with Gasteiger partial charge in [0, 0.05) is 32.9 Å². The van der Waals surface area contributed by atoms with Gasteiger partial charge in [-0.25, -0.2) is 0 Å². The van der Waals surface area contributed by atoms with Crippen molar-refractivity contribution in [3.05, 3.63) is 46.2 Å². The van der Waals surface area contributed by atoms with Crippen molar-refractivity contribution in [3.63, 3.8) is 0 Å². The summed E-state index contributed by atoms with van der Waals surface area (Å²) in [4.78, 5) is 26.7. The number of aromatic nitrogens is 2. The molecule has 0 bridgehead atoms. The van der Waals surface area contributed by atoms with Crippen LogP contribution in [0.1, 0.15) is 35.7 Å². The SMILES string of the molecule is Cc1ccc(OC(C)C(=O)N2CCC(CNC(=O)c3cnn(C)c3)CC2)c(Br)c1. The molecule has 7 nitrogen and oxygen atoms in total. The average Bonchev–Trinajstić information content (AvgIpc) is 3.14. The predicted molar refractivity (Wildman–Crippen MR) is 114 cm³/mol. The lowest BCUT2D eigenvalue weighted by Gasteiger charge is -2.33. The Bertz CT molecular complexity index is 875. The highest BCUT2D eigenvalue weighted by Gasteiger charge is 2.27. The number of halogens is 1. The second-order valence-electron chi connectivity index (χ2n) is 7.58. The molecule has 2 amide bonds. The Morgan fingerprint density at radius 3 is 2.69 bits per heavy atom. The van der Waals surface area contributed by atoms with Crippen molar-refractivity contribution in [2.24, 2.45) is 13.0 Å². The Labute approximate surface area is 179 Å². The fraction of sp³-hybridized carbons (Fsp3) is 0.476. The van der Waals surface area contributed by atoms with Crippen LogP contribution >= 0.6 is 15.9 Å². The van der Waals surface area contributed by atoms with E-state index in [1.807, 2.05) is 30.0 Å². The molecule has 0 aliphatic carbocycles. The number of nitrogens with zero attached hydrogens (tertiary/aromatic N) is 3. The number of benzene rings is 1. The van der Waals surface area contributed by atoms with Gasteiger partial charge in [0.15, 0.2) is 6.10 Å². The van der Waals surface area contributed by atoms with Crippen LogP contribution in [0, 0.1) is 12.8 Å². The van der Waals surface area contributed by atoms with Gasteiger partial charge in [0.1, 0.15) is 5.75 Å². The lowest BCUT2D eigenvalue weighted by atomic mass is 9.96. The molecule has 3 rings (SSSR count). The zero-order valence-corrected chi connectivity index (χ0v) is 18.6. The third kappa shape index (κ3) is 5.59. The first kappa shape index (κ1) is 21.4. The maximum Gasteiger partial charge on any atom is 0.263 e. The van der Waals surface area contributed by atoms with Gasteiger partial charge in [-0.05, 0) is 66.2 Å². The number of carbonyl (C=O) groups is 2. The molecule has 1 N–H and O–H groups in total. The zero-order valence-electron chi connectivity index (χ0n) is 17.0. The standard InChI is InChI=1S/C21H27BrN4O3/c1-14-4-5-19(18(22)10-14)29-15(2)21(28)26-8-6-16(7-9-26)11-23-20(27)17-12-24-25(3)13-17/h4-5,10,12-13,15-16H,6-9,11H2,1-3H3,(H,23,27). The van der Waals surface area contributed by atoms with E-state index in [0.717, 1.165) is 22.9 Å². The Balaban J connectivity index is 1.44. The molecule has 1 aromatic heterocycles. The topological polar surface area (TPSA) is 76.5 Å². The molecule has 0 saturated carbocycles. The minimum atomic E-state index is -0.546. The molecule has 2 heterocycles. The van der Waals surface area contributed by atoms with E-state index in [2.05, 4.69) is 26.3 Å². The second-order valence-corrected chi connectivity index (χ2v) is 8.43. The maximum atomic E-state index is 12.7. The molecule has 1 saturated heterocycles. The molecule has 2 aromatic rings. The lowest BCUT2D eigenvalue weighted by Crippen LogP contribution is -2.46. The van der Waals surface area contributed by atoms with Crippen molar-refractivity contribution in [1.82, 2.24) is 20.0 Å². The third-order valence-electron chi connectivity index (χ3n) is 5.18. The molecule has 1 aliphatic rings. The molecule has 1 aromatic carbocycles. The van der Waals surface area contributed by atoms with Crippen LogP contribution in [0.5, 0.6) is 5.75 Å². The first-order valence-corrected chi connectivity index (χ1v) is 10.6. The number of ether oxygens (including phenoxy) is 1. The van der Waals surface area contributed by atoms with Crippen molar-refractivity contribution >= 4 is 27.7 Å². The summed E-state index contributed by atoms with van der Waals surface area (Å²) in [6.07, 6.45) is 4.44. The minimum Gasteiger partial charge on any atom is -0.480 e. The number of amides is 2. The lowest BCUT2D eigenvalue weighted by molar-refractivity contribution is -0.139. The van der Waals surface area contributed by atoms with Gasteiger partial charge in [0.2, 0.25) is 0 Å². The zero-order chi connectivity index (χ0) is 21.0. The van der Waals surface area contributed by atoms with Gasteiger partial charge in [-0.3, -0.25) is 14.3 Å². The van der Waals surface area contributed by atoms with Crippen molar-refractivity contribution in [1.29, 1.82) is 0 Å². The van der Waals surface area contributed by atoms with E-state index in [0.29, 0.717) is 36.9 Å². The van der Waals surface area contributed by atoms with E-state index in [4.69, 9.17) is 4.74 Å². The summed E-state index contributed by atoms with van der Waals surface area (Å²) >= 11 is 3.49. The van der Waals surface area contributed by atoms with Crippen LogP contribution < -0.4 is 10.1 Å². The molecule has 1 atom stereocenters. The molecule has 0 spiro atoms. The number of rotatable bonds is 6. The van der Waals surface area contributed by atoms with E-state index in [9.17, 15) is 9.59 Å². The molecule has 1 aliphatic heterocycles. The van der Waals surface area contributed by atoms with Crippen LogP contribution in [-0.2, 0) is 11.8 Å². The van der Waals surface area contributed by atoms with Gasteiger partial charge < -0.3 is 15.0 Å². The molecule has 29 heavy (non-hydrogen) atoms. The van der Waals surface area contributed by atoms with Crippen LogP contribution in [0.25, 0.3) is 0 Å². The van der Waals surface area contributed by atoms with E-state index in [1.165, 1.54) is 0 Å². The van der Waals surface area contributed by atoms with E-state index in [1.54, 1.807) is 31.0 Å². The number of hydrogen-bond donors (Lipinski definition) is 1. The number of likely N-dealkylation sites (tertiary alicyclic amines) is 1. The smallest absolute Gasteiger partial charge is 0.263 e. The van der Waals surface area contributed by atoms with Gasteiger partial charge in [-0.15, -0.1) is 0 Å². The summed E-state index contributed by atoms with van der Waals surface area (Å²) in [5.41, 5.74) is 1.69. The van der Waals surface area contributed by atoms with Crippen LogP contribution in [0.2, 0.25) is 0 Å². The number of hydrogen-bond acceptors (Lipinski definition) is 4. The Morgan fingerprint density at radius 2 is 2.07 bits per heavy atom. The van der Waals surface area contributed by atoms with Gasteiger partial charge >= 0.3 is 0 Å². The monoisotopic (exact) mass is 462 g/mol. The van der Waals surface area contributed by atoms with Crippen LogP contribution in [0.4, 0.5) is 0 Å². The number of carbonyl (C=O) groups excluding carboxylic acids is 2. The number of aryl methyl sites for hydroxylation is 2. The summed E-state index contributed by atoms with van der Waals surface area (Å²) in [6.45, 7) is 5.75. The molecule has 0 radical (unpaired) electrons. The second kappa shape index (κ2) is 9.43. The van der Waals surface area contributed by atoms with E-state index < -0.39 is 6.10 Å². The van der Waals surface area contributed by atoms with Crippen LogP contribution in [0.3, 0.4) is 0 Å². The Morgan fingerprint density at radius 1 is 1.34 bits per heavy atom. The normalized spacial score (nSPS) is 15.8. The number of piperidine rings is 1. The highest BCUT2D eigenvalue weighted by molar-refractivity contribution is 9.10. The third-order valence-corrected chi connectivity index (χ3v) is 5.80. The summed E-state index contributed by atoms with van der Waals surface area (Å²) in [6, 6.07) is 5.81.